The van der Waals surface area contributed by atoms with Gasteiger partial charge in [-0.1, -0.05) is 15.9 Å². The highest BCUT2D eigenvalue weighted by Crippen LogP contribution is 2.36. The summed E-state index contributed by atoms with van der Waals surface area (Å²) in [5.41, 5.74) is 1.65. The molecule has 2 aromatic carbocycles. The van der Waals surface area contributed by atoms with Gasteiger partial charge in [-0.2, -0.15) is 0 Å². The summed E-state index contributed by atoms with van der Waals surface area (Å²) in [5, 5.41) is 4.34. The van der Waals surface area contributed by atoms with Crippen LogP contribution in [0, 0.1) is 5.82 Å². The third-order valence-corrected chi connectivity index (χ3v) is 6.06. The lowest BCUT2D eigenvalue weighted by molar-refractivity contribution is 0.115. The zero-order valence-electron chi connectivity index (χ0n) is 17.0. The Morgan fingerprint density at radius 3 is 2.77 bits per heavy atom. The van der Waals surface area contributed by atoms with Crippen LogP contribution < -0.4 is 10.1 Å². The summed E-state index contributed by atoms with van der Waals surface area (Å²) in [6, 6.07) is 10.7. The zero-order chi connectivity index (χ0) is 21.4. The third-order valence-electron chi connectivity index (χ3n) is 5.60. The molecule has 0 bridgehead atoms. The van der Waals surface area contributed by atoms with Crippen molar-refractivity contribution in [2.75, 3.05) is 25.5 Å². The molecule has 4 aromatic rings. The van der Waals surface area contributed by atoms with Crippen LogP contribution >= 0.6 is 15.9 Å². The zero-order valence-corrected chi connectivity index (χ0v) is 18.6. The summed E-state index contributed by atoms with van der Waals surface area (Å²) in [6.07, 6.45) is 5.14. The molecule has 0 atom stereocenters. The number of nitrogens with one attached hydrogen (secondary N) is 1. The van der Waals surface area contributed by atoms with Crippen LogP contribution in [0.15, 0.2) is 53.4 Å². The molecule has 8 heteroatoms. The van der Waals surface area contributed by atoms with Crippen molar-refractivity contribution in [3.63, 3.8) is 0 Å². The van der Waals surface area contributed by atoms with Crippen LogP contribution in [0.3, 0.4) is 0 Å². The van der Waals surface area contributed by atoms with E-state index in [1.54, 1.807) is 30.5 Å². The number of fused-ring (bicyclic) bond motifs is 2. The van der Waals surface area contributed by atoms with Gasteiger partial charge in [-0.15, -0.1) is 0 Å². The van der Waals surface area contributed by atoms with Gasteiger partial charge in [0.05, 0.1) is 22.1 Å². The van der Waals surface area contributed by atoms with Gasteiger partial charge in [-0.25, -0.2) is 14.4 Å². The Bertz CT molecular complexity index is 1260. The SMILES string of the molecule is CN1CCC(Oc2cc(Br)cc3ncnc(Nc4ccc5ncccc5c4F)c23)CC1. The quantitative estimate of drug-likeness (QED) is 0.426. The molecule has 1 fully saturated rings. The van der Waals surface area contributed by atoms with Gasteiger partial charge in [0.2, 0.25) is 0 Å². The first-order valence-corrected chi connectivity index (χ1v) is 11.0. The average molecular weight is 482 g/mol. The average Bonchev–Trinajstić information content (AvgIpc) is 2.77. The third kappa shape index (κ3) is 4.05. The van der Waals surface area contributed by atoms with Gasteiger partial charge >= 0.3 is 0 Å². The van der Waals surface area contributed by atoms with Crippen LogP contribution in [-0.2, 0) is 0 Å². The number of hydrogen-bond acceptors (Lipinski definition) is 6. The van der Waals surface area contributed by atoms with Crippen molar-refractivity contribution in [1.82, 2.24) is 19.9 Å². The molecule has 1 aliphatic rings. The highest BCUT2D eigenvalue weighted by atomic mass is 79.9. The van der Waals surface area contributed by atoms with Crippen LogP contribution in [0.5, 0.6) is 5.75 Å². The van der Waals surface area contributed by atoms with E-state index in [4.69, 9.17) is 4.74 Å². The van der Waals surface area contributed by atoms with Gasteiger partial charge in [0.1, 0.15) is 24.0 Å². The molecule has 0 spiro atoms. The molecule has 3 heterocycles. The Morgan fingerprint density at radius 2 is 1.94 bits per heavy atom. The topological polar surface area (TPSA) is 63.2 Å². The van der Waals surface area contributed by atoms with Crippen molar-refractivity contribution in [2.45, 2.75) is 18.9 Å². The van der Waals surface area contributed by atoms with E-state index in [9.17, 15) is 0 Å². The van der Waals surface area contributed by atoms with E-state index < -0.39 is 0 Å². The molecule has 0 saturated carbocycles. The number of piperidine rings is 1. The molecule has 0 amide bonds. The Hall–Kier alpha value is -2.84. The molecule has 0 radical (unpaired) electrons. The number of halogens is 2. The molecule has 31 heavy (non-hydrogen) atoms. The maximum Gasteiger partial charge on any atom is 0.156 e. The molecule has 1 aliphatic heterocycles. The highest BCUT2D eigenvalue weighted by molar-refractivity contribution is 9.10. The van der Waals surface area contributed by atoms with Crippen molar-refractivity contribution in [3.05, 3.63) is 59.2 Å². The van der Waals surface area contributed by atoms with Crippen molar-refractivity contribution in [1.29, 1.82) is 0 Å². The number of hydrogen-bond donors (Lipinski definition) is 1. The summed E-state index contributed by atoms with van der Waals surface area (Å²) in [4.78, 5) is 15.3. The minimum absolute atomic E-state index is 0.116. The molecule has 6 nitrogen and oxygen atoms in total. The van der Waals surface area contributed by atoms with Gasteiger partial charge in [0, 0.05) is 29.1 Å². The van der Waals surface area contributed by atoms with Crippen molar-refractivity contribution >= 4 is 49.2 Å². The van der Waals surface area contributed by atoms with E-state index >= 15 is 4.39 Å². The van der Waals surface area contributed by atoms with Gasteiger partial charge in [-0.3, -0.25) is 4.98 Å². The Balaban J connectivity index is 1.55. The van der Waals surface area contributed by atoms with Crippen LogP contribution in [-0.4, -0.2) is 46.1 Å². The Labute approximate surface area is 187 Å². The molecule has 158 valence electrons. The summed E-state index contributed by atoms with van der Waals surface area (Å²) in [6.45, 7) is 1.99. The fourth-order valence-corrected chi connectivity index (χ4v) is 4.36. The second-order valence-electron chi connectivity index (χ2n) is 7.76. The van der Waals surface area contributed by atoms with Crippen molar-refractivity contribution < 1.29 is 9.13 Å². The predicted octanol–water partition coefficient (Wildman–Crippen LogP) is 5.30. The summed E-state index contributed by atoms with van der Waals surface area (Å²) < 4.78 is 22.4. The maximum atomic E-state index is 15.1. The van der Waals surface area contributed by atoms with Crippen LogP contribution in [0.25, 0.3) is 21.8 Å². The number of ether oxygens (including phenoxy) is 1. The molecular formula is C23H21BrFN5O. The number of pyridine rings is 1. The second-order valence-corrected chi connectivity index (χ2v) is 8.68. The number of aromatic nitrogens is 3. The second kappa shape index (κ2) is 8.36. The van der Waals surface area contributed by atoms with Gasteiger partial charge in [0.15, 0.2) is 5.82 Å². The molecular weight excluding hydrogens is 461 g/mol. The van der Waals surface area contributed by atoms with Gasteiger partial charge in [-0.05, 0) is 56.3 Å². The number of benzene rings is 2. The standard InChI is InChI=1S/C23H21BrFN5O/c1-30-9-6-15(7-10-30)31-20-12-14(24)11-19-21(20)23(28-13-27-19)29-18-5-4-17-16(22(18)25)3-2-8-26-17/h2-5,8,11-13,15H,6-7,9-10H2,1H3,(H,27,28,29). The monoisotopic (exact) mass is 481 g/mol. The number of anilines is 2. The maximum absolute atomic E-state index is 15.1. The first-order chi connectivity index (χ1) is 15.1. The summed E-state index contributed by atoms with van der Waals surface area (Å²) >= 11 is 3.55. The molecule has 1 N–H and O–H groups in total. The minimum Gasteiger partial charge on any atom is -0.489 e. The Morgan fingerprint density at radius 1 is 1.10 bits per heavy atom. The first kappa shape index (κ1) is 20.1. The normalized spacial score (nSPS) is 15.5. The van der Waals surface area contributed by atoms with E-state index in [0.29, 0.717) is 28.2 Å². The van der Waals surface area contributed by atoms with Crippen molar-refractivity contribution in [3.8, 4) is 5.75 Å². The molecule has 5 rings (SSSR count). The molecule has 2 aromatic heterocycles. The van der Waals surface area contributed by atoms with Crippen LogP contribution in [0.4, 0.5) is 15.9 Å². The lowest BCUT2D eigenvalue weighted by atomic mass is 10.1. The number of rotatable bonds is 4. The molecule has 0 unspecified atom stereocenters. The van der Waals surface area contributed by atoms with Gasteiger partial charge in [0.25, 0.3) is 0 Å². The molecule has 1 saturated heterocycles. The lowest BCUT2D eigenvalue weighted by Gasteiger charge is -2.29. The molecule has 0 aliphatic carbocycles. The predicted molar refractivity (Wildman–Crippen MR) is 123 cm³/mol. The summed E-state index contributed by atoms with van der Waals surface area (Å²) in [7, 11) is 2.12. The lowest BCUT2D eigenvalue weighted by Crippen LogP contribution is -2.35. The van der Waals surface area contributed by atoms with Crippen molar-refractivity contribution in [2.24, 2.45) is 0 Å². The van der Waals surface area contributed by atoms with E-state index in [1.165, 1.54) is 6.33 Å². The van der Waals surface area contributed by atoms with Crippen LogP contribution in [0.2, 0.25) is 0 Å². The largest absolute Gasteiger partial charge is 0.489 e. The minimum atomic E-state index is -0.368. The fourth-order valence-electron chi connectivity index (χ4n) is 3.93. The van der Waals surface area contributed by atoms with E-state index in [0.717, 1.165) is 41.3 Å². The number of nitrogens with zero attached hydrogens (tertiary/aromatic N) is 4. The van der Waals surface area contributed by atoms with Crippen LogP contribution in [0.1, 0.15) is 12.8 Å². The first-order valence-electron chi connectivity index (χ1n) is 10.2. The van der Waals surface area contributed by atoms with Gasteiger partial charge < -0.3 is 15.0 Å². The number of likely N-dealkylation sites (tertiary alicyclic amines) is 1. The van der Waals surface area contributed by atoms with E-state index in [-0.39, 0.29) is 11.9 Å². The highest BCUT2D eigenvalue weighted by Gasteiger charge is 2.21. The van der Waals surface area contributed by atoms with E-state index in [2.05, 4.69) is 48.1 Å². The fraction of sp³-hybridized carbons (Fsp3) is 0.261. The smallest absolute Gasteiger partial charge is 0.156 e. The van der Waals surface area contributed by atoms with E-state index in [1.807, 2.05) is 12.1 Å². The Kier molecular flexibility index (Phi) is 5.41. The summed E-state index contributed by atoms with van der Waals surface area (Å²) in [5.74, 6) is 0.819.